The van der Waals surface area contributed by atoms with Gasteiger partial charge in [0.2, 0.25) is 5.69 Å². The molecule has 158 valence electrons. The molecule has 0 amide bonds. The van der Waals surface area contributed by atoms with Crippen molar-refractivity contribution in [3.05, 3.63) is 40.3 Å². The minimum absolute atomic E-state index is 0.0205. The normalized spacial score (nSPS) is 24.6. The van der Waals surface area contributed by atoms with Gasteiger partial charge in [0.1, 0.15) is 0 Å². The van der Waals surface area contributed by atoms with Gasteiger partial charge in [0.05, 0.1) is 17.1 Å². The highest BCUT2D eigenvalue weighted by molar-refractivity contribution is 5.88. The molecule has 2 aliphatic rings. The van der Waals surface area contributed by atoms with Gasteiger partial charge in [0.15, 0.2) is 0 Å². The van der Waals surface area contributed by atoms with Crippen LogP contribution in [-0.4, -0.2) is 43.7 Å². The van der Waals surface area contributed by atoms with Crippen LogP contribution in [-0.2, 0) is 0 Å². The number of piperidine rings is 1. The van der Waals surface area contributed by atoms with Crippen molar-refractivity contribution in [1.29, 1.82) is 0 Å². The Morgan fingerprint density at radius 2 is 1.83 bits per heavy atom. The number of aromatic carboxylic acids is 1. The number of hydrogen-bond donors (Lipinski definition) is 1. The van der Waals surface area contributed by atoms with E-state index in [-0.39, 0.29) is 12.1 Å². The Balaban J connectivity index is 1.72. The van der Waals surface area contributed by atoms with Crippen molar-refractivity contribution in [2.24, 2.45) is 5.92 Å². The smallest absolute Gasteiger partial charge is 0.360 e. The van der Waals surface area contributed by atoms with Crippen LogP contribution in [0.3, 0.4) is 0 Å². The third-order valence-corrected chi connectivity index (χ3v) is 6.41. The Labute approximate surface area is 176 Å². The van der Waals surface area contributed by atoms with Crippen LogP contribution < -0.4 is 5.56 Å². The summed E-state index contributed by atoms with van der Waals surface area (Å²) >= 11 is 0. The summed E-state index contributed by atoms with van der Waals surface area (Å²) in [6, 6.07) is 8.29. The summed E-state index contributed by atoms with van der Waals surface area (Å²) in [6.07, 6.45) is 4.86. The molecule has 0 spiro atoms. The maximum Gasteiger partial charge on any atom is 0.360 e. The molecule has 3 unspecified atom stereocenters. The summed E-state index contributed by atoms with van der Waals surface area (Å²) in [5.41, 5.74) is 0.388. The number of hydrogen-bond acceptors (Lipinski definition) is 4. The molecule has 6 nitrogen and oxygen atoms in total. The number of fused-ring (bicyclic) bond motifs is 3. The van der Waals surface area contributed by atoms with Crippen LogP contribution in [0.5, 0.6) is 0 Å². The maximum atomic E-state index is 13.1. The first-order valence-electron chi connectivity index (χ1n) is 10.9. The number of carboxylic acids is 1. The van der Waals surface area contributed by atoms with Gasteiger partial charge in [-0.25, -0.2) is 9.78 Å². The lowest BCUT2D eigenvalue weighted by molar-refractivity contribution is 0.0684. The molecule has 4 rings (SSSR count). The van der Waals surface area contributed by atoms with E-state index in [9.17, 15) is 14.7 Å². The molecule has 6 heteroatoms. The van der Waals surface area contributed by atoms with Gasteiger partial charge in [-0.15, -0.1) is 0 Å². The van der Waals surface area contributed by atoms with E-state index in [1.165, 1.54) is 0 Å². The summed E-state index contributed by atoms with van der Waals surface area (Å²) in [6.45, 7) is 6.41. The third-order valence-electron chi connectivity index (χ3n) is 6.41. The SMILES string of the molecule is CCC(C#CC(C)C)N1C2CCC1CC(n1c(=O)c(C(=O)O)nc3ccccc31)C2. The number of carbonyl (C=O) groups is 1. The molecule has 1 aromatic heterocycles. The molecule has 0 saturated carbocycles. The molecule has 2 aromatic rings. The monoisotopic (exact) mass is 407 g/mol. The van der Waals surface area contributed by atoms with Gasteiger partial charge in [-0.1, -0.05) is 44.7 Å². The summed E-state index contributed by atoms with van der Waals surface area (Å²) in [4.78, 5) is 31.4. The molecule has 0 aliphatic carbocycles. The van der Waals surface area contributed by atoms with Crippen LogP contribution in [0.15, 0.2) is 29.1 Å². The molecule has 2 fully saturated rings. The topological polar surface area (TPSA) is 75.4 Å². The number of rotatable bonds is 4. The van der Waals surface area contributed by atoms with Crippen LogP contribution in [0.2, 0.25) is 0 Å². The van der Waals surface area contributed by atoms with Crippen LogP contribution in [0.1, 0.15) is 69.4 Å². The Morgan fingerprint density at radius 3 is 2.43 bits per heavy atom. The van der Waals surface area contributed by atoms with E-state index in [0.717, 1.165) is 37.6 Å². The van der Waals surface area contributed by atoms with Crippen molar-refractivity contribution in [2.45, 2.75) is 77.0 Å². The number of aromatic nitrogens is 2. The second kappa shape index (κ2) is 8.23. The molecule has 1 aromatic carbocycles. The van der Waals surface area contributed by atoms with Crippen molar-refractivity contribution in [1.82, 2.24) is 14.5 Å². The van der Waals surface area contributed by atoms with Crippen molar-refractivity contribution in [3.63, 3.8) is 0 Å². The zero-order valence-electron chi connectivity index (χ0n) is 17.8. The van der Waals surface area contributed by atoms with Gasteiger partial charge in [-0.05, 0) is 44.2 Å². The summed E-state index contributed by atoms with van der Waals surface area (Å²) in [5, 5.41) is 9.52. The van der Waals surface area contributed by atoms with E-state index in [0.29, 0.717) is 23.5 Å². The van der Waals surface area contributed by atoms with Crippen LogP contribution in [0.25, 0.3) is 11.0 Å². The minimum atomic E-state index is -1.27. The van der Waals surface area contributed by atoms with E-state index in [1.54, 1.807) is 10.6 Å². The maximum absolute atomic E-state index is 13.1. The predicted molar refractivity (Wildman–Crippen MR) is 117 cm³/mol. The molecule has 3 atom stereocenters. The first-order chi connectivity index (χ1) is 14.4. The fourth-order valence-corrected chi connectivity index (χ4v) is 5.21. The van der Waals surface area contributed by atoms with Gasteiger partial charge < -0.3 is 9.67 Å². The lowest BCUT2D eigenvalue weighted by Crippen LogP contribution is -2.49. The van der Waals surface area contributed by atoms with Crippen LogP contribution in [0.4, 0.5) is 0 Å². The van der Waals surface area contributed by atoms with Crippen LogP contribution >= 0.6 is 0 Å². The first kappa shape index (κ1) is 20.6. The van der Waals surface area contributed by atoms with E-state index < -0.39 is 17.2 Å². The van der Waals surface area contributed by atoms with Crippen molar-refractivity contribution < 1.29 is 9.90 Å². The van der Waals surface area contributed by atoms with E-state index in [2.05, 4.69) is 42.5 Å². The number of carboxylic acid groups (broad SMARTS) is 1. The second-order valence-electron chi connectivity index (χ2n) is 8.75. The first-order valence-corrected chi connectivity index (χ1v) is 10.9. The van der Waals surface area contributed by atoms with Gasteiger partial charge in [0.25, 0.3) is 5.56 Å². The molecular formula is C24H29N3O3. The van der Waals surface area contributed by atoms with Crippen molar-refractivity contribution in [3.8, 4) is 11.8 Å². The van der Waals surface area contributed by atoms with Crippen LogP contribution in [0, 0.1) is 17.8 Å². The average Bonchev–Trinajstić information content (AvgIpc) is 2.97. The third kappa shape index (κ3) is 3.63. The average molecular weight is 408 g/mol. The highest BCUT2D eigenvalue weighted by Gasteiger charge is 2.44. The minimum Gasteiger partial charge on any atom is -0.476 e. The Kier molecular flexibility index (Phi) is 5.66. The second-order valence-corrected chi connectivity index (χ2v) is 8.75. The fraction of sp³-hybridized carbons (Fsp3) is 0.542. The molecule has 2 aliphatic heterocycles. The molecule has 2 bridgehead atoms. The highest BCUT2D eigenvalue weighted by atomic mass is 16.4. The van der Waals surface area contributed by atoms with E-state index in [1.807, 2.05) is 18.2 Å². The fourth-order valence-electron chi connectivity index (χ4n) is 5.21. The summed E-state index contributed by atoms with van der Waals surface area (Å²) < 4.78 is 1.70. The zero-order chi connectivity index (χ0) is 21.4. The molecular weight excluding hydrogens is 378 g/mol. The van der Waals surface area contributed by atoms with Crippen molar-refractivity contribution >= 4 is 17.0 Å². The van der Waals surface area contributed by atoms with Gasteiger partial charge in [0, 0.05) is 24.0 Å². The quantitative estimate of drug-likeness (QED) is 0.782. The lowest BCUT2D eigenvalue weighted by Gasteiger charge is -2.42. The molecule has 30 heavy (non-hydrogen) atoms. The standard InChI is InChI=1S/C24H29N3O3/c1-4-16(10-9-15(2)3)26-17-11-12-18(26)14-19(13-17)27-21-8-6-5-7-20(21)25-22(23(27)28)24(29)30/h5-8,15-19H,4,11-14H2,1-3H3,(H,29,30). The van der Waals surface area contributed by atoms with Crippen molar-refractivity contribution in [2.75, 3.05) is 0 Å². The van der Waals surface area contributed by atoms with E-state index >= 15 is 0 Å². The van der Waals surface area contributed by atoms with E-state index in [4.69, 9.17) is 0 Å². The Morgan fingerprint density at radius 1 is 1.17 bits per heavy atom. The molecule has 2 saturated heterocycles. The number of benzene rings is 1. The predicted octanol–water partition coefficient (Wildman–Crippen LogP) is 3.70. The number of nitrogens with zero attached hydrogens (tertiary/aromatic N) is 3. The highest BCUT2D eigenvalue weighted by Crippen LogP contribution is 2.42. The van der Waals surface area contributed by atoms with Gasteiger partial charge in [-0.3, -0.25) is 9.69 Å². The zero-order valence-corrected chi connectivity index (χ0v) is 17.8. The Hall–Kier alpha value is -2.65. The summed E-state index contributed by atoms with van der Waals surface area (Å²) in [7, 11) is 0. The largest absolute Gasteiger partial charge is 0.476 e. The van der Waals surface area contributed by atoms with Gasteiger partial charge >= 0.3 is 5.97 Å². The van der Waals surface area contributed by atoms with Gasteiger partial charge in [-0.2, -0.15) is 0 Å². The number of para-hydroxylation sites is 2. The molecule has 3 heterocycles. The molecule has 0 radical (unpaired) electrons. The summed E-state index contributed by atoms with van der Waals surface area (Å²) in [5.74, 6) is 5.90. The lowest BCUT2D eigenvalue weighted by atomic mass is 9.94. The molecule has 1 N–H and O–H groups in total. The Bertz CT molecular complexity index is 1060.